The molecule has 0 spiro atoms. The minimum absolute atomic E-state index is 0.0785. The maximum Gasteiger partial charge on any atom is 0.267 e. The maximum atomic E-state index is 13.4. The SMILES string of the molecule is O=c1c2c3c(sc2nc(SCC2CO2)n1-c1ccccc1)CCCC3. The Labute approximate surface area is 153 Å². The van der Waals surface area contributed by atoms with Gasteiger partial charge in [-0.15, -0.1) is 11.3 Å². The predicted octanol–water partition coefficient (Wildman–Crippen LogP) is 3.82. The minimum Gasteiger partial charge on any atom is -0.372 e. The fraction of sp³-hybridized carbons (Fsp3) is 0.368. The molecule has 0 saturated carbocycles. The highest BCUT2D eigenvalue weighted by Gasteiger charge is 2.26. The Kier molecular flexibility index (Phi) is 3.91. The molecule has 1 aliphatic heterocycles. The Hall–Kier alpha value is -1.63. The Balaban J connectivity index is 1.73. The second kappa shape index (κ2) is 6.27. The first kappa shape index (κ1) is 15.6. The lowest BCUT2D eigenvalue weighted by molar-refractivity contribution is 0.426. The van der Waals surface area contributed by atoms with Crippen molar-refractivity contribution in [2.75, 3.05) is 12.4 Å². The lowest BCUT2D eigenvalue weighted by Crippen LogP contribution is -2.22. The van der Waals surface area contributed by atoms with Gasteiger partial charge < -0.3 is 4.74 Å². The molecule has 3 aromatic rings. The van der Waals surface area contributed by atoms with Crippen LogP contribution in [0.15, 0.2) is 40.3 Å². The van der Waals surface area contributed by atoms with Crippen LogP contribution in [0, 0.1) is 0 Å². The number of para-hydroxylation sites is 1. The number of rotatable bonds is 4. The molecule has 1 aromatic carbocycles. The zero-order chi connectivity index (χ0) is 16.8. The topological polar surface area (TPSA) is 47.4 Å². The highest BCUT2D eigenvalue weighted by molar-refractivity contribution is 7.99. The van der Waals surface area contributed by atoms with Crippen molar-refractivity contribution in [2.24, 2.45) is 0 Å². The van der Waals surface area contributed by atoms with Gasteiger partial charge in [-0.2, -0.15) is 0 Å². The van der Waals surface area contributed by atoms with Crippen molar-refractivity contribution in [1.82, 2.24) is 9.55 Å². The van der Waals surface area contributed by atoms with Crippen LogP contribution < -0.4 is 5.56 Å². The molecule has 3 heterocycles. The smallest absolute Gasteiger partial charge is 0.267 e. The van der Waals surface area contributed by atoms with E-state index < -0.39 is 0 Å². The minimum atomic E-state index is 0.0785. The lowest BCUT2D eigenvalue weighted by Gasteiger charge is -2.13. The van der Waals surface area contributed by atoms with Gasteiger partial charge in [0.05, 0.1) is 23.8 Å². The van der Waals surface area contributed by atoms with E-state index in [0.717, 1.165) is 46.3 Å². The Morgan fingerprint density at radius 3 is 2.84 bits per heavy atom. The molecule has 25 heavy (non-hydrogen) atoms. The number of hydrogen-bond donors (Lipinski definition) is 0. The van der Waals surface area contributed by atoms with E-state index in [4.69, 9.17) is 9.72 Å². The third-order valence-corrected chi connectivity index (χ3v) is 7.03. The largest absolute Gasteiger partial charge is 0.372 e. The summed E-state index contributed by atoms with van der Waals surface area (Å²) < 4.78 is 7.12. The number of benzene rings is 1. The molecule has 1 unspecified atom stereocenters. The zero-order valence-corrected chi connectivity index (χ0v) is 15.4. The summed E-state index contributed by atoms with van der Waals surface area (Å²) in [5.74, 6) is 0.843. The Morgan fingerprint density at radius 2 is 2.04 bits per heavy atom. The summed E-state index contributed by atoms with van der Waals surface area (Å²) in [5.41, 5.74) is 2.21. The molecule has 2 aromatic heterocycles. The molecule has 0 bridgehead atoms. The Bertz CT molecular complexity index is 990. The molecule has 1 fully saturated rings. The molecule has 2 aliphatic rings. The van der Waals surface area contributed by atoms with Gasteiger partial charge in [0.15, 0.2) is 5.16 Å². The van der Waals surface area contributed by atoms with Crippen molar-refractivity contribution < 1.29 is 4.74 Å². The number of nitrogens with zero attached hydrogens (tertiary/aromatic N) is 2. The van der Waals surface area contributed by atoms with Gasteiger partial charge in [-0.3, -0.25) is 9.36 Å². The summed E-state index contributed by atoms with van der Waals surface area (Å²) in [5, 5.41) is 1.62. The van der Waals surface area contributed by atoms with Crippen molar-refractivity contribution >= 4 is 33.3 Å². The molecule has 4 nitrogen and oxygen atoms in total. The van der Waals surface area contributed by atoms with Crippen molar-refractivity contribution in [2.45, 2.75) is 36.9 Å². The second-order valence-corrected chi connectivity index (χ2v) is 8.60. The normalized spacial score (nSPS) is 19.1. The number of thioether (sulfide) groups is 1. The third-order valence-electron chi connectivity index (χ3n) is 4.77. The monoisotopic (exact) mass is 370 g/mol. The van der Waals surface area contributed by atoms with Crippen molar-refractivity contribution in [3.8, 4) is 5.69 Å². The molecular formula is C19H18N2O2S2. The fourth-order valence-electron chi connectivity index (χ4n) is 3.42. The van der Waals surface area contributed by atoms with Gasteiger partial charge >= 0.3 is 0 Å². The van der Waals surface area contributed by atoms with Crippen molar-refractivity contribution in [1.29, 1.82) is 0 Å². The lowest BCUT2D eigenvalue weighted by atomic mass is 9.97. The predicted molar refractivity (Wildman–Crippen MR) is 102 cm³/mol. The average Bonchev–Trinajstić information content (AvgIpc) is 3.39. The van der Waals surface area contributed by atoms with Crippen LogP contribution in [-0.4, -0.2) is 28.0 Å². The van der Waals surface area contributed by atoms with E-state index in [1.165, 1.54) is 23.3 Å². The molecule has 1 atom stereocenters. The molecule has 0 radical (unpaired) electrons. The summed E-state index contributed by atoms with van der Waals surface area (Å²) in [4.78, 5) is 20.6. The highest BCUT2D eigenvalue weighted by atomic mass is 32.2. The van der Waals surface area contributed by atoms with E-state index in [9.17, 15) is 4.79 Å². The van der Waals surface area contributed by atoms with E-state index in [1.807, 2.05) is 30.3 Å². The van der Waals surface area contributed by atoms with Crippen LogP contribution in [0.4, 0.5) is 0 Å². The zero-order valence-electron chi connectivity index (χ0n) is 13.7. The van der Waals surface area contributed by atoms with Gasteiger partial charge in [-0.05, 0) is 43.4 Å². The van der Waals surface area contributed by atoms with Gasteiger partial charge in [0.2, 0.25) is 0 Å². The van der Waals surface area contributed by atoms with Crippen LogP contribution in [-0.2, 0) is 17.6 Å². The van der Waals surface area contributed by atoms with Crippen LogP contribution in [0.1, 0.15) is 23.3 Å². The molecule has 128 valence electrons. The van der Waals surface area contributed by atoms with Crippen LogP contribution in [0.5, 0.6) is 0 Å². The quantitative estimate of drug-likeness (QED) is 0.398. The number of epoxide rings is 1. The highest BCUT2D eigenvalue weighted by Crippen LogP contribution is 2.35. The maximum absolute atomic E-state index is 13.4. The second-order valence-electron chi connectivity index (χ2n) is 6.53. The summed E-state index contributed by atoms with van der Waals surface area (Å²) in [7, 11) is 0. The van der Waals surface area contributed by atoms with Crippen LogP contribution in [0.3, 0.4) is 0 Å². The summed E-state index contributed by atoms with van der Waals surface area (Å²) in [6, 6.07) is 9.86. The fourth-order valence-corrected chi connectivity index (χ4v) is 5.73. The van der Waals surface area contributed by atoms with E-state index in [0.29, 0.717) is 6.10 Å². The number of hydrogen-bond acceptors (Lipinski definition) is 5. The number of fused-ring (bicyclic) bond motifs is 3. The first-order valence-electron chi connectivity index (χ1n) is 8.68. The summed E-state index contributed by atoms with van der Waals surface area (Å²) >= 11 is 3.33. The van der Waals surface area contributed by atoms with E-state index >= 15 is 0 Å². The standard InChI is InChI=1S/C19H18N2O2S2/c22-18-16-14-8-4-5-9-15(14)25-17(16)20-19(24-11-13-10-23-13)21(18)12-6-2-1-3-7-12/h1-3,6-7,13H,4-5,8-11H2. The van der Waals surface area contributed by atoms with Gasteiger partial charge in [0.1, 0.15) is 4.83 Å². The average molecular weight is 370 g/mol. The molecule has 1 aliphatic carbocycles. The van der Waals surface area contributed by atoms with Gasteiger partial charge in [0, 0.05) is 10.6 Å². The number of ether oxygens (including phenoxy) is 1. The molecule has 0 N–H and O–H groups in total. The van der Waals surface area contributed by atoms with E-state index in [2.05, 4.69) is 0 Å². The first-order chi connectivity index (χ1) is 12.3. The Morgan fingerprint density at radius 1 is 1.24 bits per heavy atom. The van der Waals surface area contributed by atoms with Crippen molar-refractivity contribution in [3.63, 3.8) is 0 Å². The number of thiophene rings is 1. The molecule has 6 heteroatoms. The third kappa shape index (κ3) is 2.82. The molecular weight excluding hydrogens is 352 g/mol. The van der Waals surface area contributed by atoms with Crippen LogP contribution >= 0.6 is 23.1 Å². The molecule has 5 rings (SSSR count). The van der Waals surface area contributed by atoms with Crippen LogP contribution in [0.25, 0.3) is 15.9 Å². The van der Waals surface area contributed by atoms with Crippen LogP contribution in [0.2, 0.25) is 0 Å². The summed E-state index contributed by atoms with van der Waals surface area (Å²) in [6.07, 6.45) is 4.77. The van der Waals surface area contributed by atoms with Gasteiger partial charge in [-0.25, -0.2) is 4.98 Å². The first-order valence-corrected chi connectivity index (χ1v) is 10.5. The molecule has 1 saturated heterocycles. The van der Waals surface area contributed by atoms with Crippen molar-refractivity contribution in [3.05, 3.63) is 51.1 Å². The van der Waals surface area contributed by atoms with Gasteiger partial charge in [0.25, 0.3) is 5.56 Å². The van der Waals surface area contributed by atoms with E-state index in [1.54, 1.807) is 27.7 Å². The number of aromatic nitrogens is 2. The van der Waals surface area contributed by atoms with E-state index in [-0.39, 0.29) is 5.56 Å². The number of aryl methyl sites for hydroxylation is 2. The molecule has 0 amide bonds. The van der Waals surface area contributed by atoms with Gasteiger partial charge in [-0.1, -0.05) is 30.0 Å². The summed E-state index contributed by atoms with van der Waals surface area (Å²) in [6.45, 7) is 0.818.